The van der Waals surface area contributed by atoms with Crippen molar-refractivity contribution in [3.05, 3.63) is 24.2 Å². The van der Waals surface area contributed by atoms with Crippen LogP contribution in [-0.4, -0.2) is 16.8 Å². The molecule has 0 aromatic carbocycles. The molecular weight excluding hydrogens is 192 g/mol. The molecule has 1 rings (SSSR count). The molecular formula is C12H20O3. The highest BCUT2D eigenvalue weighted by atomic mass is 16.4. The lowest BCUT2D eigenvalue weighted by Crippen LogP contribution is -1.95. The first kappa shape index (κ1) is 12.3. The lowest BCUT2D eigenvalue weighted by Gasteiger charge is -2.06. The Morgan fingerprint density at radius 1 is 1.13 bits per heavy atom. The van der Waals surface area contributed by atoms with Crippen molar-refractivity contribution in [2.24, 2.45) is 0 Å². The van der Waals surface area contributed by atoms with Crippen LogP contribution in [0.1, 0.15) is 50.4 Å². The third-order valence-corrected chi connectivity index (χ3v) is 2.51. The van der Waals surface area contributed by atoms with Gasteiger partial charge < -0.3 is 14.6 Å². The second kappa shape index (κ2) is 7.49. The zero-order chi connectivity index (χ0) is 10.9. The number of hydrogen-bond donors (Lipinski definition) is 2. The first-order valence-electron chi connectivity index (χ1n) is 5.67. The lowest BCUT2D eigenvalue weighted by atomic mass is 10.1. The highest BCUT2D eigenvalue weighted by Crippen LogP contribution is 2.20. The van der Waals surface area contributed by atoms with E-state index in [1.54, 1.807) is 18.4 Å². The van der Waals surface area contributed by atoms with Crippen molar-refractivity contribution in [1.29, 1.82) is 0 Å². The van der Waals surface area contributed by atoms with Gasteiger partial charge in [0.15, 0.2) is 0 Å². The van der Waals surface area contributed by atoms with Crippen molar-refractivity contribution in [2.75, 3.05) is 6.61 Å². The Kier molecular flexibility index (Phi) is 6.12. The van der Waals surface area contributed by atoms with E-state index in [0.29, 0.717) is 5.76 Å². The molecule has 15 heavy (non-hydrogen) atoms. The van der Waals surface area contributed by atoms with E-state index in [2.05, 4.69) is 0 Å². The molecule has 0 spiro atoms. The average Bonchev–Trinajstić information content (AvgIpc) is 2.76. The van der Waals surface area contributed by atoms with Gasteiger partial charge in [0, 0.05) is 6.61 Å². The topological polar surface area (TPSA) is 53.6 Å². The van der Waals surface area contributed by atoms with E-state index >= 15 is 0 Å². The fraction of sp³-hybridized carbons (Fsp3) is 0.667. The maximum Gasteiger partial charge on any atom is 0.132 e. The van der Waals surface area contributed by atoms with Gasteiger partial charge >= 0.3 is 0 Å². The highest BCUT2D eigenvalue weighted by Gasteiger charge is 2.08. The van der Waals surface area contributed by atoms with Gasteiger partial charge in [0.25, 0.3) is 0 Å². The molecule has 3 heteroatoms. The Hall–Kier alpha value is -0.800. The van der Waals surface area contributed by atoms with E-state index in [-0.39, 0.29) is 6.61 Å². The van der Waals surface area contributed by atoms with E-state index in [0.717, 1.165) is 38.5 Å². The normalized spacial score (nSPS) is 12.9. The molecule has 1 unspecified atom stereocenters. The summed E-state index contributed by atoms with van der Waals surface area (Å²) in [5, 5.41) is 18.3. The summed E-state index contributed by atoms with van der Waals surface area (Å²) in [5.41, 5.74) is 0. The second-order valence-corrected chi connectivity index (χ2v) is 3.81. The standard InChI is InChI=1S/C12H20O3/c13-9-5-3-1-2-4-7-11(14)12-8-6-10-15-12/h6,8,10-11,13-14H,1-5,7,9H2. The number of rotatable bonds is 8. The van der Waals surface area contributed by atoms with Crippen LogP contribution in [-0.2, 0) is 0 Å². The largest absolute Gasteiger partial charge is 0.467 e. The summed E-state index contributed by atoms with van der Waals surface area (Å²) >= 11 is 0. The zero-order valence-electron chi connectivity index (χ0n) is 9.06. The van der Waals surface area contributed by atoms with E-state index in [1.807, 2.05) is 0 Å². The average molecular weight is 212 g/mol. The minimum Gasteiger partial charge on any atom is -0.467 e. The van der Waals surface area contributed by atoms with Crippen LogP contribution in [0.5, 0.6) is 0 Å². The van der Waals surface area contributed by atoms with E-state index in [9.17, 15) is 5.11 Å². The van der Waals surface area contributed by atoms with Crippen molar-refractivity contribution >= 4 is 0 Å². The van der Waals surface area contributed by atoms with E-state index in [1.165, 1.54) is 0 Å². The molecule has 0 fully saturated rings. The Morgan fingerprint density at radius 3 is 2.53 bits per heavy atom. The molecule has 1 aromatic heterocycles. The number of unbranched alkanes of at least 4 members (excludes halogenated alkanes) is 4. The summed E-state index contributed by atoms with van der Waals surface area (Å²) in [7, 11) is 0. The summed E-state index contributed by atoms with van der Waals surface area (Å²) in [6, 6.07) is 3.59. The van der Waals surface area contributed by atoms with Gasteiger partial charge in [-0.25, -0.2) is 0 Å². The van der Waals surface area contributed by atoms with Crippen LogP contribution < -0.4 is 0 Å². The third-order valence-electron chi connectivity index (χ3n) is 2.51. The molecule has 86 valence electrons. The van der Waals surface area contributed by atoms with E-state index < -0.39 is 6.10 Å². The van der Waals surface area contributed by atoms with Crippen LogP contribution >= 0.6 is 0 Å². The van der Waals surface area contributed by atoms with Crippen molar-refractivity contribution in [3.8, 4) is 0 Å². The summed E-state index contributed by atoms with van der Waals surface area (Å²) < 4.78 is 5.11. The van der Waals surface area contributed by atoms with Crippen LogP contribution in [0.25, 0.3) is 0 Å². The molecule has 0 aliphatic rings. The third kappa shape index (κ3) is 5.00. The summed E-state index contributed by atoms with van der Waals surface area (Å²) in [6.45, 7) is 0.287. The van der Waals surface area contributed by atoms with Gasteiger partial charge in [-0.15, -0.1) is 0 Å². The Labute approximate surface area is 90.7 Å². The molecule has 3 nitrogen and oxygen atoms in total. The smallest absolute Gasteiger partial charge is 0.132 e. The molecule has 1 atom stereocenters. The first-order chi connectivity index (χ1) is 7.34. The molecule has 0 aliphatic heterocycles. The van der Waals surface area contributed by atoms with E-state index in [4.69, 9.17) is 9.52 Å². The molecule has 2 N–H and O–H groups in total. The van der Waals surface area contributed by atoms with Crippen molar-refractivity contribution in [1.82, 2.24) is 0 Å². The number of hydrogen-bond acceptors (Lipinski definition) is 3. The Balaban J connectivity index is 2.00. The SMILES string of the molecule is OCCCCCCCC(O)c1ccco1. The van der Waals surface area contributed by atoms with Crippen LogP contribution in [0, 0.1) is 0 Å². The molecule has 0 bridgehead atoms. The van der Waals surface area contributed by atoms with Gasteiger partial charge in [-0.2, -0.15) is 0 Å². The molecule has 0 aliphatic carbocycles. The molecule has 0 saturated heterocycles. The molecule has 1 aromatic rings. The lowest BCUT2D eigenvalue weighted by molar-refractivity contribution is 0.136. The Morgan fingerprint density at radius 2 is 1.87 bits per heavy atom. The molecule has 1 heterocycles. The van der Waals surface area contributed by atoms with Crippen LogP contribution in [0.15, 0.2) is 22.8 Å². The predicted molar refractivity (Wildman–Crippen MR) is 58.5 cm³/mol. The van der Waals surface area contributed by atoms with Crippen LogP contribution in [0.2, 0.25) is 0 Å². The fourth-order valence-electron chi connectivity index (χ4n) is 1.60. The van der Waals surface area contributed by atoms with Gasteiger partial charge in [-0.05, 0) is 25.0 Å². The monoisotopic (exact) mass is 212 g/mol. The van der Waals surface area contributed by atoms with Gasteiger partial charge in [-0.3, -0.25) is 0 Å². The maximum absolute atomic E-state index is 9.68. The summed E-state index contributed by atoms with van der Waals surface area (Å²) in [4.78, 5) is 0. The fourth-order valence-corrected chi connectivity index (χ4v) is 1.60. The first-order valence-corrected chi connectivity index (χ1v) is 5.67. The number of furan rings is 1. The second-order valence-electron chi connectivity index (χ2n) is 3.81. The highest BCUT2D eigenvalue weighted by molar-refractivity contribution is 5.01. The molecule has 0 radical (unpaired) electrons. The Bertz CT molecular complexity index is 231. The van der Waals surface area contributed by atoms with Crippen molar-refractivity contribution < 1.29 is 14.6 Å². The zero-order valence-corrected chi connectivity index (χ0v) is 9.06. The van der Waals surface area contributed by atoms with Gasteiger partial charge in [0.05, 0.1) is 6.26 Å². The predicted octanol–water partition coefficient (Wildman–Crippen LogP) is 2.65. The molecule has 0 saturated carbocycles. The number of aliphatic hydroxyl groups is 2. The minimum atomic E-state index is -0.460. The molecule has 0 amide bonds. The quantitative estimate of drug-likeness (QED) is 0.651. The number of aliphatic hydroxyl groups excluding tert-OH is 2. The van der Waals surface area contributed by atoms with Crippen LogP contribution in [0.4, 0.5) is 0 Å². The van der Waals surface area contributed by atoms with Gasteiger partial charge in [0.2, 0.25) is 0 Å². The van der Waals surface area contributed by atoms with Gasteiger partial charge in [0.1, 0.15) is 11.9 Å². The minimum absolute atomic E-state index is 0.287. The summed E-state index contributed by atoms with van der Waals surface area (Å²) in [6.07, 6.45) is 7.09. The van der Waals surface area contributed by atoms with Crippen LogP contribution in [0.3, 0.4) is 0 Å². The van der Waals surface area contributed by atoms with Crippen molar-refractivity contribution in [3.63, 3.8) is 0 Å². The van der Waals surface area contributed by atoms with Crippen molar-refractivity contribution in [2.45, 2.75) is 44.6 Å². The van der Waals surface area contributed by atoms with Gasteiger partial charge in [-0.1, -0.05) is 25.7 Å². The summed E-state index contributed by atoms with van der Waals surface area (Å²) in [5.74, 6) is 0.658. The maximum atomic E-state index is 9.68.